The fourth-order valence-corrected chi connectivity index (χ4v) is 2.87. The number of rotatable bonds is 11. The zero-order valence-electron chi connectivity index (χ0n) is 11.9. The van der Waals surface area contributed by atoms with Crippen LogP contribution in [0.5, 0.6) is 0 Å². The van der Waals surface area contributed by atoms with Crippen LogP contribution in [0.3, 0.4) is 0 Å². The van der Waals surface area contributed by atoms with Crippen molar-refractivity contribution in [3.63, 3.8) is 0 Å². The minimum Gasteiger partial charge on any atom is -0.285 e. The standard InChI is InChI=1S/C14H32NP/c1-5-7-8-9-10-11-12-13-14(6-2)15(3)16-4/h14,16H,5-13H2,1-4H3. The Morgan fingerprint density at radius 1 is 0.938 bits per heavy atom. The van der Waals surface area contributed by atoms with E-state index in [4.69, 9.17) is 0 Å². The summed E-state index contributed by atoms with van der Waals surface area (Å²) in [4.78, 5) is 0. The van der Waals surface area contributed by atoms with Crippen molar-refractivity contribution in [3.8, 4) is 0 Å². The van der Waals surface area contributed by atoms with Gasteiger partial charge in [0.05, 0.1) is 0 Å². The third-order valence-electron chi connectivity index (χ3n) is 3.51. The van der Waals surface area contributed by atoms with E-state index in [2.05, 4.69) is 32.2 Å². The van der Waals surface area contributed by atoms with Gasteiger partial charge in [-0.2, -0.15) is 0 Å². The van der Waals surface area contributed by atoms with Crippen molar-refractivity contribution in [2.24, 2.45) is 0 Å². The van der Waals surface area contributed by atoms with Gasteiger partial charge in [-0.15, -0.1) is 0 Å². The largest absolute Gasteiger partial charge is 0.285 e. The molecular weight excluding hydrogens is 213 g/mol. The van der Waals surface area contributed by atoms with Crippen LogP contribution in [0, 0.1) is 0 Å². The van der Waals surface area contributed by atoms with Gasteiger partial charge in [-0.3, -0.25) is 4.67 Å². The van der Waals surface area contributed by atoms with Crippen molar-refractivity contribution in [1.29, 1.82) is 0 Å². The predicted octanol–water partition coefficient (Wildman–Crippen LogP) is 5.06. The third kappa shape index (κ3) is 8.53. The summed E-state index contributed by atoms with van der Waals surface area (Å²) in [5, 5.41) is 0. The second kappa shape index (κ2) is 11.9. The van der Waals surface area contributed by atoms with Gasteiger partial charge in [0, 0.05) is 6.04 Å². The molecule has 0 aromatic carbocycles. The molecule has 0 bridgehead atoms. The Labute approximate surface area is 105 Å². The SMILES string of the molecule is CCCCCCCCCC(CC)N(C)PC. The summed E-state index contributed by atoms with van der Waals surface area (Å²) in [6.07, 6.45) is 12.7. The molecule has 0 aromatic heterocycles. The van der Waals surface area contributed by atoms with Crippen molar-refractivity contribution in [1.82, 2.24) is 4.67 Å². The van der Waals surface area contributed by atoms with E-state index in [1.165, 1.54) is 57.8 Å². The van der Waals surface area contributed by atoms with Gasteiger partial charge < -0.3 is 0 Å². The number of hydrogen-bond donors (Lipinski definition) is 0. The molecule has 0 fully saturated rings. The minimum atomic E-state index is 0.832. The molecule has 0 saturated carbocycles. The summed E-state index contributed by atoms with van der Waals surface area (Å²) in [6.45, 7) is 6.89. The zero-order chi connectivity index (χ0) is 12.2. The highest BCUT2D eigenvalue weighted by molar-refractivity contribution is 7.34. The van der Waals surface area contributed by atoms with Crippen molar-refractivity contribution in [2.75, 3.05) is 13.7 Å². The van der Waals surface area contributed by atoms with Gasteiger partial charge in [0.2, 0.25) is 0 Å². The summed E-state index contributed by atoms with van der Waals surface area (Å²) < 4.78 is 2.52. The molecule has 0 N–H and O–H groups in total. The minimum absolute atomic E-state index is 0.832. The average Bonchev–Trinajstić information content (AvgIpc) is 2.32. The Hall–Kier alpha value is 0.390. The molecule has 1 nitrogen and oxygen atoms in total. The van der Waals surface area contributed by atoms with Gasteiger partial charge in [0.1, 0.15) is 0 Å². The van der Waals surface area contributed by atoms with Crippen LogP contribution in [0.15, 0.2) is 0 Å². The van der Waals surface area contributed by atoms with Crippen LogP contribution in [-0.4, -0.2) is 24.4 Å². The smallest absolute Gasteiger partial charge is 0.0126 e. The highest BCUT2D eigenvalue weighted by Crippen LogP contribution is 2.21. The van der Waals surface area contributed by atoms with Crippen molar-refractivity contribution < 1.29 is 0 Å². The van der Waals surface area contributed by atoms with Crippen LogP contribution in [0.25, 0.3) is 0 Å². The summed E-state index contributed by atoms with van der Waals surface area (Å²) in [5.41, 5.74) is 0. The topological polar surface area (TPSA) is 3.24 Å². The quantitative estimate of drug-likeness (QED) is 0.363. The first-order valence-corrected chi connectivity index (χ1v) is 8.61. The molecule has 0 amide bonds. The molecule has 0 heterocycles. The van der Waals surface area contributed by atoms with Crippen LogP contribution in [0.4, 0.5) is 0 Å². The first kappa shape index (κ1) is 16.4. The highest BCUT2D eigenvalue weighted by Gasteiger charge is 2.09. The fourth-order valence-electron chi connectivity index (χ4n) is 2.19. The molecule has 0 aromatic rings. The third-order valence-corrected chi connectivity index (χ3v) is 4.58. The summed E-state index contributed by atoms with van der Waals surface area (Å²) in [7, 11) is 3.24. The average molecular weight is 245 g/mol. The maximum Gasteiger partial charge on any atom is 0.0126 e. The monoisotopic (exact) mass is 245 g/mol. The van der Waals surface area contributed by atoms with Crippen LogP contribution in [0.2, 0.25) is 0 Å². The summed E-state index contributed by atoms with van der Waals surface area (Å²) in [6, 6.07) is 0.832. The van der Waals surface area contributed by atoms with E-state index in [0.717, 1.165) is 14.8 Å². The molecule has 0 radical (unpaired) electrons. The number of unbranched alkanes of at least 4 members (excludes halogenated alkanes) is 6. The Morgan fingerprint density at radius 3 is 2.00 bits per heavy atom. The molecule has 0 rings (SSSR count). The summed E-state index contributed by atoms with van der Waals surface area (Å²) in [5.74, 6) is 0. The number of hydrogen-bond acceptors (Lipinski definition) is 1. The van der Waals surface area contributed by atoms with E-state index in [1.54, 1.807) is 0 Å². The maximum absolute atomic E-state index is 2.52. The van der Waals surface area contributed by atoms with Crippen molar-refractivity contribution in [3.05, 3.63) is 0 Å². The van der Waals surface area contributed by atoms with Crippen LogP contribution in [0.1, 0.15) is 71.6 Å². The molecule has 0 saturated heterocycles. The normalized spacial score (nSPS) is 14.1. The molecule has 2 heteroatoms. The van der Waals surface area contributed by atoms with Crippen LogP contribution >= 0.6 is 8.73 Å². The van der Waals surface area contributed by atoms with Crippen molar-refractivity contribution >= 4 is 8.73 Å². The van der Waals surface area contributed by atoms with E-state index in [1.807, 2.05) is 0 Å². The first-order chi connectivity index (χ1) is 7.76. The fraction of sp³-hybridized carbons (Fsp3) is 1.00. The molecular formula is C14H32NP. The van der Waals surface area contributed by atoms with Gasteiger partial charge in [0.15, 0.2) is 0 Å². The molecule has 98 valence electrons. The van der Waals surface area contributed by atoms with Gasteiger partial charge >= 0.3 is 0 Å². The second-order valence-electron chi connectivity index (χ2n) is 4.81. The molecule has 0 spiro atoms. The Bertz CT molecular complexity index is 139. The highest BCUT2D eigenvalue weighted by atomic mass is 31.1. The van der Waals surface area contributed by atoms with Gasteiger partial charge in [-0.1, -0.05) is 67.5 Å². The van der Waals surface area contributed by atoms with Crippen LogP contribution in [-0.2, 0) is 0 Å². The Kier molecular flexibility index (Phi) is 12.2. The summed E-state index contributed by atoms with van der Waals surface area (Å²) >= 11 is 0. The maximum atomic E-state index is 2.52. The van der Waals surface area contributed by atoms with E-state index in [0.29, 0.717) is 0 Å². The van der Waals surface area contributed by atoms with Gasteiger partial charge in [-0.25, -0.2) is 0 Å². The van der Waals surface area contributed by atoms with E-state index in [9.17, 15) is 0 Å². The molecule has 2 atom stereocenters. The van der Waals surface area contributed by atoms with E-state index in [-0.39, 0.29) is 0 Å². The lowest BCUT2D eigenvalue weighted by Gasteiger charge is -2.25. The lowest BCUT2D eigenvalue weighted by molar-refractivity contribution is 0.354. The van der Waals surface area contributed by atoms with Crippen LogP contribution < -0.4 is 0 Å². The lowest BCUT2D eigenvalue weighted by atomic mass is 10.0. The van der Waals surface area contributed by atoms with Gasteiger partial charge in [0.25, 0.3) is 0 Å². The zero-order valence-corrected chi connectivity index (χ0v) is 12.9. The van der Waals surface area contributed by atoms with Gasteiger partial charge in [-0.05, 0) is 26.6 Å². The molecule has 2 unspecified atom stereocenters. The van der Waals surface area contributed by atoms with Crippen molar-refractivity contribution in [2.45, 2.75) is 77.7 Å². The number of nitrogens with zero attached hydrogens (tertiary/aromatic N) is 1. The van der Waals surface area contributed by atoms with E-state index < -0.39 is 0 Å². The lowest BCUT2D eigenvalue weighted by Crippen LogP contribution is -2.23. The molecule has 0 aliphatic heterocycles. The Balaban J connectivity index is 3.34. The first-order valence-electron chi connectivity index (χ1n) is 7.16. The molecule has 16 heavy (non-hydrogen) atoms. The van der Waals surface area contributed by atoms with E-state index >= 15 is 0 Å². The Morgan fingerprint density at radius 2 is 1.50 bits per heavy atom. The molecule has 0 aliphatic rings. The second-order valence-corrected chi connectivity index (χ2v) is 5.96. The predicted molar refractivity (Wildman–Crippen MR) is 78.7 cm³/mol. The molecule has 0 aliphatic carbocycles.